The van der Waals surface area contributed by atoms with E-state index in [4.69, 9.17) is 9.47 Å². The highest BCUT2D eigenvalue weighted by Gasteiger charge is 2.30. The van der Waals surface area contributed by atoms with Gasteiger partial charge in [0, 0.05) is 11.3 Å². The summed E-state index contributed by atoms with van der Waals surface area (Å²) in [4.78, 5) is 12.3. The Morgan fingerprint density at radius 1 is 1.15 bits per heavy atom. The molecule has 0 bridgehead atoms. The number of halogens is 3. The second kappa shape index (κ2) is 8.27. The van der Waals surface area contributed by atoms with E-state index in [9.17, 15) is 23.2 Å². The van der Waals surface area contributed by atoms with Crippen molar-refractivity contribution in [1.29, 1.82) is 5.26 Å². The Labute approximate surface area is 153 Å². The average molecular weight is 376 g/mol. The highest BCUT2D eigenvalue weighted by molar-refractivity contribution is 6.09. The molecule has 0 aliphatic carbocycles. The van der Waals surface area contributed by atoms with Crippen LogP contribution in [0.5, 0.6) is 11.5 Å². The molecule has 2 aromatic carbocycles. The van der Waals surface area contributed by atoms with Crippen molar-refractivity contribution >= 4 is 17.7 Å². The molecule has 0 saturated heterocycles. The van der Waals surface area contributed by atoms with E-state index in [1.54, 1.807) is 24.3 Å². The van der Waals surface area contributed by atoms with Crippen molar-refractivity contribution in [1.82, 2.24) is 0 Å². The minimum Gasteiger partial charge on any atom is -0.497 e. The summed E-state index contributed by atoms with van der Waals surface area (Å²) < 4.78 is 48.6. The van der Waals surface area contributed by atoms with Crippen LogP contribution in [0.25, 0.3) is 6.08 Å². The molecule has 0 aromatic heterocycles. The number of alkyl halides is 3. The molecular formula is C19H15F3N2O3. The number of nitriles is 1. The van der Waals surface area contributed by atoms with Gasteiger partial charge >= 0.3 is 6.18 Å². The number of carbonyl (C=O) groups excluding carboxylic acids is 1. The van der Waals surface area contributed by atoms with Crippen LogP contribution in [-0.2, 0) is 11.0 Å². The molecule has 0 unspecified atom stereocenters. The van der Waals surface area contributed by atoms with E-state index in [1.807, 2.05) is 0 Å². The Morgan fingerprint density at radius 2 is 1.89 bits per heavy atom. The van der Waals surface area contributed by atoms with Crippen LogP contribution in [0.1, 0.15) is 11.1 Å². The van der Waals surface area contributed by atoms with Crippen LogP contribution < -0.4 is 14.8 Å². The lowest BCUT2D eigenvalue weighted by Crippen LogP contribution is -2.14. The molecule has 27 heavy (non-hydrogen) atoms. The first-order valence-electron chi connectivity index (χ1n) is 7.61. The zero-order valence-corrected chi connectivity index (χ0v) is 14.4. The fourth-order valence-corrected chi connectivity index (χ4v) is 2.23. The topological polar surface area (TPSA) is 71.3 Å². The van der Waals surface area contributed by atoms with Crippen LogP contribution in [0, 0.1) is 11.3 Å². The standard InChI is InChI=1S/C19H15F3N2O3/c1-26-16-6-7-17(27-2)12(9-16)8-13(11-23)18(25)24-15-5-3-4-14(10-15)19(20,21)22/h3-10H,1-2H3,(H,24,25)/b13-8+. The van der Waals surface area contributed by atoms with Gasteiger partial charge in [-0.15, -0.1) is 0 Å². The van der Waals surface area contributed by atoms with Crippen molar-refractivity contribution in [2.45, 2.75) is 6.18 Å². The summed E-state index contributed by atoms with van der Waals surface area (Å²) >= 11 is 0. The summed E-state index contributed by atoms with van der Waals surface area (Å²) in [6, 6.07) is 10.7. The first-order chi connectivity index (χ1) is 12.8. The highest BCUT2D eigenvalue weighted by Crippen LogP contribution is 2.31. The molecule has 1 N–H and O–H groups in total. The van der Waals surface area contributed by atoms with Crippen molar-refractivity contribution in [3.05, 3.63) is 59.2 Å². The predicted molar refractivity (Wildman–Crippen MR) is 93.2 cm³/mol. The van der Waals surface area contributed by atoms with Crippen LogP contribution in [0.2, 0.25) is 0 Å². The Kier molecular flexibility index (Phi) is 6.08. The molecule has 8 heteroatoms. The number of anilines is 1. The maximum Gasteiger partial charge on any atom is 0.416 e. The number of hydrogen-bond donors (Lipinski definition) is 1. The molecule has 1 amide bonds. The van der Waals surface area contributed by atoms with Gasteiger partial charge in [-0.3, -0.25) is 4.79 Å². The lowest BCUT2D eigenvalue weighted by atomic mass is 10.1. The van der Waals surface area contributed by atoms with Crippen LogP contribution in [0.4, 0.5) is 18.9 Å². The normalized spacial score (nSPS) is 11.5. The van der Waals surface area contributed by atoms with Gasteiger partial charge in [-0.05, 0) is 42.5 Å². The third-order valence-electron chi connectivity index (χ3n) is 3.55. The second-order valence-corrected chi connectivity index (χ2v) is 5.31. The predicted octanol–water partition coefficient (Wildman–Crippen LogP) is 4.27. The Hall–Kier alpha value is -3.47. The van der Waals surface area contributed by atoms with Crippen molar-refractivity contribution in [2.75, 3.05) is 19.5 Å². The van der Waals surface area contributed by atoms with Crippen LogP contribution in [-0.4, -0.2) is 20.1 Å². The zero-order chi connectivity index (χ0) is 20.0. The number of nitrogens with one attached hydrogen (secondary N) is 1. The first kappa shape index (κ1) is 19.8. The fourth-order valence-electron chi connectivity index (χ4n) is 2.23. The van der Waals surface area contributed by atoms with Gasteiger partial charge in [-0.1, -0.05) is 6.07 Å². The molecule has 5 nitrogen and oxygen atoms in total. The number of nitrogens with zero attached hydrogens (tertiary/aromatic N) is 1. The Bertz CT molecular complexity index is 915. The number of methoxy groups -OCH3 is 2. The van der Waals surface area contributed by atoms with Crippen molar-refractivity contribution in [3.8, 4) is 17.6 Å². The van der Waals surface area contributed by atoms with Crippen LogP contribution in [0.3, 0.4) is 0 Å². The molecule has 0 aliphatic heterocycles. The summed E-state index contributed by atoms with van der Waals surface area (Å²) in [7, 11) is 2.88. The lowest BCUT2D eigenvalue weighted by molar-refractivity contribution is -0.137. The van der Waals surface area contributed by atoms with E-state index in [1.165, 1.54) is 32.4 Å². The summed E-state index contributed by atoms with van der Waals surface area (Å²) in [6.07, 6.45) is -3.27. The molecule has 2 rings (SSSR count). The lowest BCUT2D eigenvalue weighted by Gasteiger charge is -2.10. The Balaban J connectivity index is 2.32. The molecule has 140 valence electrons. The monoisotopic (exact) mass is 376 g/mol. The van der Waals surface area contributed by atoms with E-state index >= 15 is 0 Å². The summed E-state index contributed by atoms with van der Waals surface area (Å²) in [5.41, 5.74) is -0.877. The number of carbonyl (C=O) groups is 1. The molecule has 0 fully saturated rings. The number of hydrogen-bond acceptors (Lipinski definition) is 4. The van der Waals surface area contributed by atoms with Crippen molar-refractivity contribution in [2.24, 2.45) is 0 Å². The number of benzene rings is 2. The fraction of sp³-hybridized carbons (Fsp3) is 0.158. The van der Waals surface area contributed by atoms with E-state index in [0.717, 1.165) is 12.1 Å². The number of ether oxygens (including phenoxy) is 2. The van der Waals surface area contributed by atoms with Gasteiger partial charge in [0.05, 0.1) is 19.8 Å². The molecule has 0 radical (unpaired) electrons. The molecule has 0 saturated carbocycles. The zero-order valence-electron chi connectivity index (χ0n) is 14.4. The number of amides is 1. The van der Waals surface area contributed by atoms with Crippen LogP contribution in [0.15, 0.2) is 48.0 Å². The maximum atomic E-state index is 12.8. The summed E-state index contributed by atoms with van der Waals surface area (Å²) in [6.45, 7) is 0. The van der Waals surface area contributed by atoms with Gasteiger partial charge in [0.15, 0.2) is 0 Å². The average Bonchev–Trinajstić information content (AvgIpc) is 2.65. The van der Waals surface area contributed by atoms with Gasteiger partial charge in [-0.2, -0.15) is 18.4 Å². The summed E-state index contributed by atoms with van der Waals surface area (Å²) in [5, 5.41) is 11.6. The largest absolute Gasteiger partial charge is 0.497 e. The van der Waals surface area contributed by atoms with E-state index in [-0.39, 0.29) is 11.3 Å². The molecule has 0 heterocycles. The van der Waals surface area contributed by atoms with E-state index in [2.05, 4.69) is 5.32 Å². The minimum absolute atomic E-state index is 0.0754. The molecule has 0 aliphatic rings. The van der Waals surface area contributed by atoms with Crippen molar-refractivity contribution < 1.29 is 27.4 Å². The van der Waals surface area contributed by atoms with Gasteiger partial charge in [-0.25, -0.2) is 0 Å². The molecular weight excluding hydrogens is 361 g/mol. The molecule has 0 atom stereocenters. The summed E-state index contributed by atoms with van der Waals surface area (Å²) in [5.74, 6) is 0.0368. The van der Waals surface area contributed by atoms with Crippen molar-refractivity contribution in [3.63, 3.8) is 0 Å². The SMILES string of the molecule is COc1ccc(OC)c(/C=C(\C#N)C(=O)Nc2cccc(C(F)(F)F)c2)c1. The van der Waals surface area contributed by atoms with E-state index in [0.29, 0.717) is 17.1 Å². The van der Waals surface area contributed by atoms with Gasteiger partial charge in [0.1, 0.15) is 23.1 Å². The molecule has 0 spiro atoms. The van der Waals surface area contributed by atoms with E-state index < -0.39 is 17.6 Å². The number of rotatable bonds is 5. The third-order valence-corrected chi connectivity index (χ3v) is 3.55. The third kappa shape index (κ3) is 5.01. The molecule has 2 aromatic rings. The quantitative estimate of drug-likeness (QED) is 0.625. The van der Waals surface area contributed by atoms with Crippen LogP contribution >= 0.6 is 0 Å². The van der Waals surface area contributed by atoms with Gasteiger partial charge < -0.3 is 14.8 Å². The minimum atomic E-state index is -4.54. The highest BCUT2D eigenvalue weighted by atomic mass is 19.4. The smallest absolute Gasteiger partial charge is 0.416 e. The van der Waals surface area contributed by atoms with Gasteiger partial charge in [0.25, 0.3) is 5.91 Å². The van der Waals surface area contributed by atoms with Gasteiger partial charge in [0.2, 0.25) is 0 Å². The Morgan fingerprint density at radius 3 is 2.48 bits per heavy atom. The second-order valence-electron chi connectivity index (χ2n) is 5.31. The maximum absolute atomic E-state index is 12.8. The first-order valence-corrected chi connectivity index (χ1v) is 7.61.